The molecule has 130 valence electrons. The molecule has 1 aromatic carbocycles. The highest BCUT2D eigenvalue weighted by Gasteiger charge is 2.20. The maximum atomic E-state index is 11.8. The first kappa shape index (κ1) is 18.1. The van der Waals surface area contributed by atoms with E-state index in [1.54, 1.807) is 0 Å². The summed E-state index contributed by atoms with van der Waals surface area (Å²) in [6.07, 6.45) is 0.686. The number of aromatic nitrogens is 1. The number of rotatable bonds is 7. The van der Waals surface area contributed by atoms with Crippen molar-refractivity contribution in [3.8, 4) is 0 Å². The summed E-state index contributed by atoms with van der Waals surface area (Å²) in [4.78, 5) is 27.5. The van der Waals surface area contributed by atoms with Gasteiger partial charge in [-0.25, -0.2) is 14.6 Å². The zero-order valence-corrected chi connectivity index (χ0v) is 13.9. The zero-order chi connectivity index (χ0) is 18.1. The third-order valence-corrected chi connectivity index (χ3v) is 3.55. The van der Waals surface area contributed by atoms with Crippen molar-refractivity contribution in [2.75, 3.05) is 11.9 Å². The van der Waals surface area contributed by atoms with Gasteiger partial charge in [0.05, 0.1) is 0 Å². The lowest BCUT2D eigenvalue weighted by Crippen LogP contribution is -2.19. The number of hydrogen-bond acceptors (Lipinski definition) is 8. The minimum absolute atomic E-state index is 0.0289. The fourth-order valence-corrected chi connectivity index (χ4v) is 2.37. The average Bonchev–Trinajstić information content (AvgIpc) is 3.07. The predicted octanol–water partition coefficient (Wildman–Crippen LogP) is 2.80. The third-order valence-electron chi connectivity index (χ3n) is 2.79. The first-order valence-corrected chi connectivity index (χ1v) is 7.95. The van der Waals surface area contributed by atoms with Crippen molar-refractivity contribution >= 4 is 34.2 Å². The maximum Gasteiger partial charge on any atom is 0.413 e. The Morgan fingerprint density at radius 3 is 2.76 bits per heavy atom. The Morgan fingerprint density at radius 1 is 1.32 bits per heavy atom. The van der Waals surface area contributed by atoms with Crippen molar-refractivity contribution in [2.24, 2.45) is 5.16 Å². The SMILES string of the molecule is C=CCOC(=O)/C(=N\O)c1csc(NC(=O)OCc2ccccc2)n1. The van der Waals surface area contributed by atoms with E-state index >= 15 is 0 Å². The van der Waals surface area contributed by atoms with Crippen LogP contribution in [0.15, 0.2) is 53.5 Å². The molecule has 0 aliphatic rings. The number of ether oxygens (including phenoxy) is 2. The van der Waals surface area contributed by atoms with E-state index in [4.69, 9.17) is 14.7 Å². The van der Waals surface area contributed by atoms with Crippen molar-refractivity contribution in [3.05, 3.63) is 59.6 Å². The summed E-state index contributed by atoms with van der Waals surface area (Å²) >= 11 is 1.04. The van der Waals surface area contributed by atoms with Crippen LogP contribution >= 0.6 is 11.3 Å². The fraction of sp³-hybridized carbons (Fsp3) is 0.125. The van der Waals surface area contributed by atoms with Crippen LogP contribution < -0.4 is 5.32 Å². The van der Waals surface area contributed by atoms with Gasteiger partial charge in [-0.2, -0.15) is 0 Å². The number of thiazole rings is 1. The highest BCUT2D eigenvalue weighted by atomic mass is 32.1. The van der Waals surface area contributed by atoms with E-state index in [9.17, 15) is 9.59 Å². The molecule has 0 atom stereocenters. The largest absolute Gasteiger partial charge is 0.457 e. The van der Waals surface area contributed by atoms with E-state index in [0.29, 0.717) is 0 Å². The fourth-order valence-electron chi connectivity index (χ4n) is 1.69. The molecule has 2 aromatic rings. The normalized spacial score (nSPS) is 10.8. The van der Waals surface area contributed by atoms with Crippen LogP contribution in [0.3, 0.4) is 0 Å². The van der Waals surface area contributed by atoms with E-state index < -0.39 is 12.1 Å². The second-order valence-corrected chi connectivity index (χ2v) is 5.42. The van der Waals surface area contributed by atoms with Crippen LogP contribution in [0.4, 0.5) is 9.93 Å². The van der Waals surface area contributed by atoms with Crippen LogP contribution in [-0.4, -0.2) is 34.6 Å². The average molecular weight is 361 g/mol. The van der Waals surface area contributed by atoms with Crippen molar-refractivity contribution in [1.29, 1.82) is 0 Å². The van der Waals surface area contributed by atoms with Crippen LogP contribution in [0.5, 0.6) is 0 Å². The van der Waals surface area contributed by atoms with Gasteiger partial charge in [0.2, 0.25) is 5.71 Å². The zero-order valence-electron chi connectivity index (χ0n) is 13.0. The molecular formula is C16H15N3O5S. The number of carbonyl (C=O) groups is 2. The molecule has 1 heterocycles. The summed E-state index contributed by atoms with van der Waals surface area (Å²) in [6.45, 7) is 3.50. The maximum absolute atomic E-state index is 11.8. The molecule has 0 saturated heterocycles. The molecule has 0 saturated carbocycles. The van der Waals surface area contributed by atoms with Crippen molar-refractivity contribution in [1.82, 2.24) is 4.98 Å². The number of nitrogens with zero attached hydrogens (tertiary/aromatic N) is 2. The Balaban J connectivity index is 1.92. The molecule has 8 nitrogen and oxygen atoms in total. The van der Waals surface area contributed by atoms with E-state index in [-0.39, 0.29) is 29.8 Å². The van der Waals surface area contributed by atoms with Crippen molar-refractivity contribution in [2.45, 2.75) is 6.61 Å². The van der Waals surface area contributed by atoms with Crippen LogP contribution in [0.1, 0.15) is 11.3 Å². The standard InChI is InChI=1S/C16H15N3O5S/c1-2-8-23-14(20)13(19-22)12-10-25-15(17-12)18-16(21)24-9-11-6-4-3-5-7-11/h2-7,10,22H,1,8-9H2,(H,17,18,21)/b19-13-. The molecule has 1 aromatic heterocycles. The van der Waals surface area contributed by atoms with Crippen LogP contribution in [0, 0.1) is 0 Å². The van der Waals surface area contributed by atoms with Gasteiger partial charge in [-0.3, -0.25) is 5.32 Å². The number of amides is 1. The van der Waals surface area contributed by atoms with Gasteiger partial charge in [-0.05, 0) is 5.56 Å². The number of benzene rings is 1. The summed E-state index contributed by atoms with van der Waals surface area (Å²) in [5.41, 5.74) is 0.542. The molecule has 2 N–H and O–H groups in total. The summed E-state index contributed by atoms with van der Waals surface area (Å²) < 4.78 is 9.84. The highest BCUT2D eigenvalue weighted by Crippen LogP contribution is 2.17. The molecule has 0 spiro atoms. The lowest BCUT2D eigenvalue weighted by atomic mass is 10.2. The molecule has 1 amide bonds. The van der Waals surface area contributed by atoms with Crippen molar-refractivity contribution < 1.29 is 24.3 Å². The van der Waals surface area contributed by atoms with Gasteiger partial charge in [0.25, 0.3) is 0 Å². The van der Waals surface area contributed by atoms with E-state index in [1.165, 1.54) is 11.5 Å². The molecular weight excluding hydrogens is 346 g/mol. The van der Waals surface area contributed by atoms with E-state index in [0.717, 1.165) is 16.9 Å². The van der Waals surface area contributed by atoms with Crippen molar-refractivity contribution in [3.63, 3.8) is 0 Å². The monoisotopic (exact) mass is 361 g/mol. The van der Waals surface area contributed by atoms with Gasteiger partial charge in [-0.15, -0.1) is 11.3 Å². The molecule has 0 bridgehead atoms. The Kier molecular flexibility index (Phi) is 6.66. The molecule has 0 fully saturated rings. The van der Waals surface area contributed by atoms with E-state index in [1.807, 2.05) is 30.3 Å². The van der Waals surface area contributed by atoms with E-state index in [2.05, 4.69) is 22.0 Å². The molecule has 0 aliphatic heterocycles. The van der Waals surface area contributed by atoms with Crippen LogP contribution in [-0.2, 0) is 20.9 Å². The molecule has 0 aliphatic carbocycles. The summed E-state index contributed by atoms with van der Waals surface area (Å²) in [5, 5.41) is 15.9. The van der Waals surface area contributed by atoms with Gasteiger partial charge in [0.1, 0.15) is 18.9 Å². The minimum Gasteiger partial charge on any atom is -0.457 e. The second-order valence-electron chi connectivity index (χ2n) is 4.56. The quantitative estimate of drug-likeness (QED) is 0.258. The second kappa shape index (κ2) is 9.18. The number of hydrogen-bond donors (Lipinski definition) is 2. The Labute approximate surface area is 147 Å². The lowest BCUT2D eigenvalue weighted by Gasteiger charge is -2.04. The summed E-state index contributed by atoms with van der Waals surface area (Å²) in [5.74, 6) is -0.856. The lowest BCUT2D eigenvalue weighted by molar-refractivity contribution is -0.134. The topological polar surface area (TPSA) is 110 Å². The molecule has 9 heteroatoms. The third kappa shape index (κ3) is 5.43. The van der Waals surface area contributed by atoms with Gasteiger partial charge < -0.3 is 14.7 Å². The summed E-state index contributed by atoms with van der Waals surface area (Å²) in [6, 6.07) is 9.19. The summed E-state index contributed by atoms with van der Waals surface area (Å²) in [7, 11) is 0. The number of carbonyl (C=O) groups excluding carboxylic acids is 2. The van der Waals surface area contributed by atoms with Gasteiger partial charge in [-0.1, -0.05) is 48.1 Å². The Morgan fingerprint density at radius 2 is 2.08 bits per heavy atom. The number of nitrogens with one attached hydrogen (secondary N) is 1. The minimum atomic E-state index is -0.856. The van der Waals surface area contributed by atoms with Gasteiger partial charge in [0, 0.05) is 5.38 Å². The Bertz CT molecular complexity index is 773. The molecule has 0 unspecified atom stereocenters. The predicted molar refractivity (Wildman–Crippen MR) is 91.8 cm³/mol. The number of esters is 1. The Hall–Kier alpha value is -3.20. The first-order valence-electron chi connectivity index (χ1n) is 7.07. The smallest absolute Gasteiger partial charge is 0.413 e. The molecule has 2 rings (SSSR count). The number of anilines is 1. The van der Waals surface area contributed by atoms with Crippen LogP contribution in [0.25, 0.3) is 0 Å². The number of oxime groups is 1. The first-order chi connectivity index (χ1) is 12.1. The molecule has 0 radical (unpaired) electrons. The molecule has 25 heavy (non-hydrogen) atoms. The highest BCUT2D eigenvalue weighted by molar-refractivity contribution is 7.14. The van der Waals surface area contributed by atoms with Gasteiger partial charge in [0.15, 0.2) is 5.13 Å². The van der Waals surface area contributed by atoms with Gasteiger partial charge >= 0.3 is 12.1 Å². The van der Waals surface area contributed by atoms with Crippen LogP contribution in [0.2, 0.25) is 0 Å².